The molecule has 0 radical (unpaired) electrons. The third kappa shape index (κ3) is 4.13. The van der Waals surface area contributed by atoms with Gasteiger partial charge in [-0.05, 0) is 48.7 Å². The predicted molar refractivity (Wildman–Crippen MR) is 131 cm³/mol. The maximum absolute atomic E-state index is 13.7. The molecule has 0 atom stereocenters. The van der Waals surface area contributed by atoms with Crippen LogP contribution in [-0.2, 0) is 22.9 Å². The van der Waals surface area contributed by atoms with E-state index in [2.05, 4.69) is 29.5 Å². The molecule has 0 saturated carbocycles. The molecule has 3 aliphatic rings. The topological polar surface area (TPSA) is 108 Å². The first-order valence-corrected chi connectivity index (χ1v) is 14.0. The van der Waals surface area contributed by atoms with Crippen LogP contribution in [0.15, 0.2) is 30.3 Å². The smallest absolute Gasteiger partial charge is 0.178 e. The predicted octanol–water partition coefficient (Wildman–Crippen LogP) is 2.82. The Morgan fingerprint density at radius 2 is 1.86 bits per heavy atom. The summed E-state index contributed by atoms with van der Waals surface area (Å²) >= 11 is 6.34. The second-order valence-corrected chi connectivity index (χ2v) is 12.2. The maximum Gasteiger partial charge on any atom is 0.178 e. The molecule has 1 aromatic carbocycles. The largest absolute Gasteiger partial charge is 0.357 e. The van der Waals surface area contributed by atoms with Crippen LogP contribution in [0.1, 0.15) is 41.7 Å². The number of pyridine rings is 1. The van der Waals surface area contributed by atoms with E-state index >= 15 is 0 Å². The molecule has 6 rings (SSSR count). The van der Waals surface area contributed by atoms with Crippen molar-refractivity contribution < 1.29 is 12.8 Å². The van der Waals surface area contributed by atoms with Crippen LogP contribution in [0.5, 0.6) is 0 Å². The molecular formula is C24H23ClFN7O2S. The van der Waals surface area contributed by atoms with E-state index in [0.29, 0.717) is 37.0 Å². The lowest BCUT2D eigenvalue weighted by atomic mass is 9.95. The average Bonchev–Trinajstić information content (AvgIpc) is 3.18. The van der Waals surface area contributed by atoms with Crippen molar-refractivity contribution in [2.75, 3.05) is 29.5 Å². The number of anilines is 1. The summed E-state index contributed by atoms with van der Waals surface area (Å²) in [6, 6.07) is 10.4. The molecule has 0 amide bonds. The molecule has 36 heavy (non-hydrogen) atoms. The van der Waals surface area contributed by atoms with Crippen LogP contribution in [0.3, 0.4) is 0 Å². The second kappa shape index (κ2) is 8.80. The number of hydrogen-bond donors (Lipinski definition) is 0. The normalized spacial score (nSPS) is 20.2. The van der Waals surface area contributed by atoms with Gasteiger partial charge in [-0.1, -0.05) is 11.6 Å². The van der Waals surface area contributed by atoms with E-state index in [9.17, 15) is 12.8 Å². The summed E-state index contributed by atoms with van der Waals surface area (Å²) in [6.45, 7) is 2.48. The minimum atomic E-state index is -2.96. The van der Waals surface area contributed by atoms with Gasteiger partial charge in [-0.25, -0.2) is 17.8 Å². The van der Waals surface area contributed by atoms with Crippen LogP contribution >= 0.6 is 11.6 Å². The lowest BCUT2D eigenvalue weighted by Crippen LogP contribution is -2.52. The van der Waals surface area contributed by atoms with E-state index in [0.717, 1.165) is 35.7 Å². The first-order valence-electron chi connectivity index (χ1n) is 11.8. The summed E-state index contributed by atoms with van der Waals surface area (Å²) in [4.78, 5) is 8.38. The highest BCUT2D eigenvalue weighted by Gasteiger charge is 2.40. The molecule has 12 heteroatoms. The van der Waals surface area contributed by atoms with Crippen molar-refractivity contribution in [1.29, 1.82) is 5.26 Å². The highest BCUT2D eigenvalue weighted by molar-refractivity contribution is 7.92. The summed E-state index contributed by atoms with van der Waals surface area (Å²) in [5, 5.41) is 18.9. The Hall–Kier alpha value is -3.07. The van der Waals surface area contributed by atoms with Crippen molar-refractivity contribution in [2.45, 2.75) is 37.9 Å². The maximum atomic E-state index is 13.7. The molecule has 5 heterocycles. The molecule has 0 bridgehead atoms. The van der Waals surface area contributed by atoms with Gasteiger partial charge in [0.1, 0.15) is 17.7 Å². The molecule has 2 aromatic heterocycles. The van der Waals surface area contributed by atoms with Gasteiger partial charge in [0.05, 0.1) is 23.7 Å². The Labute approximate surface area is 213 Å². The SMILES string of the molecule is N#Cc1nc(N2CCC(c3nnc4n3-c3ccc(Cl)cc3CN(C3CS(=O)(=O)C3)C4)CC2)ccc1F. The van der Waals surface area contributed by atoms with Crippen LogP contribution in [0.25, 0.3) is 5.69 Å². The van der Waals surface area contributed by atoms with Crippen LogP contribution < -0.4 is 4.90 Å². The van der Waals surface area contributed by atoms with Gasteiger partial charge >= 0.3 is 0 Å². The van der Waals surface area contributed by atoms with Crippen LogP contribution in [0, 0.1) is 17.1 Å². The zero-order valence-corrected chi connectivity index (χ0v) is 20.9. The third-order valence-corrected chi connectivity index (χ3v) is 9.31. The van der Waals surface area contributed by atoms with E-state index in [4.69, 9.17) is 16.9 Å². The van der Waals surface area contributed by atoms with Crippen LogP contribution in [0.2, 0.25) is 5.02 Å². The van der Waals surface area contributed by atoms with Gasteiger partial charge < -0.3 is 4.90 Å². The summed E-state index contributed by atoms with van der Waals surface area (Å²) in [7, 11) is -2.96. The molecule has 186 valence electrons. The molecular weight excluding hydrogens is 505 g/mol. The third-order valence-electron chi connectivity index (χ3n) is 7.29. The van der Waals surface area contributed by atoms with Crippen LogP contribution in [0.4, 0.5) is 10.2 Å². The number of benzene rings is 1. The molecule has 9 nitrogen and oxygen atoms in total. The molecule has 0 unspecified atom stereocenters. The second-order valence-electron chi connectivity index (χ2n) is 9.59. The van der Waals surface area contributed by atoms with Gasteiger partial charge in [0.2, 0.25) is 0 Å². The Morgan fingerprint density at radius 1 is 1.08 bits per heavy atom. The fraction of sp³-hybridized carbons (Fsp3) is 0.417. The minimum Gasteiger partial charge on any atom is -0.357 e. The number of aromatic nitrogens is 4. The number of piperidine rings is 1. The number of fused-ring (bicyclic) bond motifs is 3. The highest BCUT2D eigenvalue weighted by atomic mass is 35.5. The average molecular weight is 528 g/mol. The van der Waals surface area contributed by atoms with Gasteiger partial charge in [0, 0.05) is 36.6 Å². The number of rotatable bonds is 3. The molecule has 2 saturated heterocycles. The standard InChI is InChI=1S/C24H23ClFN7O2S/c25-17-1-3-21-16(9-17)11-32(18-13-36(34,35)14-18)12-23-29-30-24(33(21)23)15-5-7-31(8-6-15)22-4-2-19(26)20(10-27)28-22/h1-4,9,15,18H,5-8,11-14H2. The van der Waals surface area contributed by atoms with E-state index in [1.165, 1.54) is 6.07 Å². The van der Waals surface area contributed by atoms with E-state index < -0.39 is 15.7 Å². The van der Waals surface area contributed by atoms with Gasteiger partial charge in [-0.15, -0.1) is 10.2 Å². The number of nitriles is 1. The molecule has 0 N–H and O–H groups in total. The van der Waals surface area contributed by atoms with E-state index in [-0.39, 0.29) is 29.2 Å². The monoisotopic (exact) mass is 527 g/mol. The first-order chi connectivity index (χ1) is 17.3. The highest BCUT2D eigenvalue weighted by Crippen LogP contribution is 2.35. The molecule has 3 aromatic rings. The Balaban J connectivity index is 1.28. The summed E-state index contributed by atoms with van der Waals surface area (Å²) < 4.78 is 39.5. The number of sulfone groups is 1. The van der Waals surface area contributed by atoms with Crippen molar-refractivity contribution in [1.82, 2.24) is 24.6 Å². The zero-order valence-electron chi connectivity index (χ0n) is 19.3. The fourth-order valence-corrected chi connectivity index (χ4v) is 7.07. The lowest BCUT2D eigenvalue weighted by Gasteiger charge is -2.35. The van der Waals surface area contributed by atoms with Crippen molar-refractivity contribution in [2.24, 2.45) is 0 Å². The Kier molecular flexibility index (Phi) is 5.70. The van der Waals surface area contributed by atoms with Crippen molar-refractivity contribution in [3.63, 3.8) is 0 Å². The first kappa shape index (κ1) is 23.3. The number of nitrogens with zero attached hydrogens (tertiary/aromatic N) is 7. The van der Waals surface area contributed by atoms with Gasteiger partial charge in [0.25, 0.3) is 0 Å². The van der Waals surface area contributed by atoms with Gasteiger partial charge in [-0.3, -0.25) is 9.47 Å². The quantitative estimate of drug-likeness (QED) is 0.511. The fourth-order valence-electron chi connectivity index (χ4n) is 5.37. The number of halogens is 2. The minimum absolute atomic E-state index is 0.0433. The van der Waals surface area contributed by atoms with Crippen molar-refractivity contribution >= 4 is 27.3 Å². The van der Waals surface area contributed by atoms with Gasteiger partial charge in [0.15, 0.2) is 27.2 Å². The van der Waals surface area contributed by atoms with Crippen molar-refractivity contribution in [3.05, 3.63) is 64.1 Å². The summed E-state index contributed by atoms with van der Waals surface area (Å²) in [5.74, 6) is 2.11. The van der Waals surface area contributed by atoms with Crippen molar-refractivity contribution in [3.8, 4) is 11.8 Å². The Morgan fingerprint density at radius 3 is 2.58 bits per heavy atom. The molecule has 0 spiro atoms. The number of hydrogen-bond acceptors (Lipinski definition) is 8. The summed E-state index contributed by atoms with van der Waals surface area (Å²) in [6.07, 6.45) is 1.60. The van der Waals surface area contributed by atoms with Gasteiger partial charge in [-0.2, -0.15) is 5.26 Å². The Bertz CT molecular complexity index is 1480. The molecule has 2 fully saturated rings. The molecule has 0 aliphatic carbocycles. The van der Waals surface area contributed by atoms with E-state index in [1.54, 1.807) is 12.1 Å². The lowest BCUT2D eigenvalue weighted by molar-refractivity contribution is 0.193. The van der Waals surface area contributed by atoms with E-state index in [1.807, 2.05) is 18.2 Å². The molecule has 3 aliphatic heterocycles. The van der Waals surface area contributed by atoms with Crippen LogP contribution in [-0.4, -0.2) is 63.7 Å². The summed E-state index contributed by atoms with van der Waals surface area (Å²) in [5.41, 5.74) is 1.79. The zero-order chi connectivity index (χ0) is 25.0.